The fourth-order valence-corrected chi connectivity index (χ4v) is 4.52. The summed E-state index contributed by atoms with van der Waals surface area (Å²) in [5.74, 6) is -0.366. The second-order valence-corrected chi connectivity index (χ2v) is 9.32. The van der Waals surface area contributed by atoms with E-state index >= 15 is 0 Å². The predicted molar refractivity (Wildman–Crippen MR) is 130 cm³/mol. The van der Waals surface area contributed by atoms with Crippen LogP contribution in [0.25, 0.3) is 10.9 Å². The summed E-state index contributed by atoms with van der Waals surface area (Å²) in [4.78, 5) is 31.4. The largest absolute Gasteiger partial charge is 0.444 e. The molecule has 0 aliphatic heterocycles. The van der Waals surface area contributed by atoms with Gasteiger partial charge in [0.05, 0.1) is 11.1 Å². The van der Waals surface area contributed by atoms with Gasteiger partial charge in [0.15, 0.2) is 0 Å². The number of pyridine rings is 1. The molecule has 0 spiro atoms. The number of nitrogens with one attached hydrogen (secondary N) is 1. The molecule has 1 aliphatic rings. The van der Waals surface area contributed by atoms with Crippen LogP contribution < -0.4 is 5.32 Å². The molecular weight excluding hydrogens is 412 g/mol. The molecule has 0 unspecified atom stereocenters. The molecule has 4 rings (SSSR count). The maximum absolute atomic E-state index is 13.4. The van der Waals surface area contributed by atoms with Gasteiger partial charge in [0, 0.05) is 22.7 Å². The predicted octanol–water partition coefficient (Wildman–Crippen LogP) is 5.78. The van der Waals surface area contributed by atoms with Gasteiger partial charge in [0.25, 0.3) is 5.91 Å². The summed E-state index contributed by atoms with van der Waals surface area (Å²) >= 11 is 0. The van der Waals surface area contributed by atoms with Crippen molar-refractivity contribution in [2.75, 3.05) is 0 Å². The van der Waals surface area contributed by atoms with E-state index in [1.165, 1.54) is 6.42 Å². The van der Waals surface area contributed by atoms with Gasteiger partial charge in [-0.1, -0.05) is 81.6 Å². The van der Waals surface area contributed by atoms with Crippen LogP contribution in [0.1, 0.15) is 73.7 Å². The van der Waals surface area contributed by atoms with Crippen LogP contribution in [0.4, 0.5) is 0 Å². The van der Waals surface area contributed by atoms with Crippen molar-refractivity contribution in [2.24, 2.45) is 5.92 Å². The van der Waals surface area contributed by atoms with Crippen LogP contribution >= 0.6 is 0 Å². The van der Waals surface area contributed by atoms with Gasteiger partial charge in [-0.05, 0) is 37.3 Å². The topological polar surface area (TPSA) is 68.3 Å². The van der Waals surface area contributed by atoms with Crippen molar-refractivity contribution in [3.8, 4) is 0 Å². The van der Waals surface area contributed by atoms with Crippen molar-refractivity contribution in [1.29, 1.82) is 0 Å². The average molecular weight is 445 g/mol. The first-order valence-corrected chi connectivity index (χ1v) is 12.0. The maximum Gasteiger partial charge on any atom is 0.340 e. The minimum atomic E-state index is -0.999. The Balaban J connectivity index is 1.64. The minimum Gasteiger partial charge on any atom is -0.444 e. The van der Waals surface area contributed by atoms with E-state index in [0.29, 0.717) is 17.0 Å². The molecule has 172 valence electrons. The van der Waals surface area contributed by atoms with E-state index < -0.39 is 12.1 Å². The lowest BCUT2D eigenvalue weighted by Crippen LogP contribution is -2.40. The summed E-state index contributed by atoms with van der Waals surface area (Å²) in [5, 5.41) is 3.85. The fraction of sp³-hybridized carbons (Fsp3) is 0.393. The Morgan fingerprint density at radius 2 is 1.70 bits per heavy atom. The monoisotopic (exact) mass is 444 g/mol. The molecule has 1 saturated carbocycles. The number of carbonyl (C=O) groups excluding carboxylic acids is 2. The highest BCUT2D eigenvalue weighted by atomic mass is 16.5. The first-order valence-electron chi connectivity index (χ1n) is 12.0. The summed E-state index contributed by atoms with van der Waals surface area (Å²) in [7, 11) is 0. The zero-order valence-corrected chi connectivity index (χ0v) is 19.4. The van der Waals surface area contributed by atoms with Gasteiger partial charge in [-0.25, -0.2) is 4.79 Å². The van der Waals surface area contributed by atoms with Crippen LogP contribution in [0.2, 0.25) is 0 Å². The molecule has 2 aromatic carbocycles. The Morgan fingerprint density at radius 3 is 2.42 bits per heavy atom. The van der Waals surface area contributed by atoms with E-state index in [2.05, 4.69) is 19.2 Å². The molecule has 1 heterocycles. The number of amides is 1. The first kappa shape index (κ1) is 23.0. The molecule has 1 N–H and O–H groups in total. The molecular formula is C28H32N2O3. The van der Waals surface area contributed by atoms with E-state index in [-0.39, 0.29) is 11.9 Å². The highest BCUT2D eigenvalue weighted by Crippen LogP contribution is 2.26. The van der Waals surface area contributed by atoms with Crippen molar-refractivity contribution in [3.63, 3.8) is 0 Å². The summed E-state index contributed by atoms with van der Waals surface area (Å²) in [5.41, 5.74) is 2.71. The zero-order valence-electron chi connectivity index (χ0n) is 19.4. The Bertz CT molecular complexity index is 1100. The van der Waals surface area contributed by atoms with Crippen molar-refractivity contribution in [2.45, 2.75) is 64.5 Å². The lowest BCUT2D eigenvalue weighted by Gasteiger charge is -2.26. The minimum absolute atomic E-state index is 0.135. The van der Waals surface area contributed by atoms with Crippen molar-refractivity contribution in [1.82, 2.24) is 10.3 Å². The van der Waals surface area contributed by atoms with Crippen molar-refractivity contribution < 1.29 is 14.3 Å². The molecule has 1 atom stereocenters. The molecule has 0 saturated heterocycles. The number of carbonyl (C=O) groups is 2. The molecule has 33 heavy (non-hydrogen) atoms. The van der Waals surface area contributed by atoms with Crippen LogP contribution in [0.3, 0.4) is 0 Å². The quantitative estimate of drug-likeness (QED) is 0.469. The smallest absolute Gasteiger partial charge is 0.340 e. The highest BCUT2D eigenvalue weighted by Gasteiger charge is 2.29. The summed E-state index contributed by atoms with van der Waals surface area (Å²) in [6.07, 6.45) is 5.13. The van der Waals surface area contributed by atoms with Crippen LogP contribution in [-0.2, 0) is 16.0 Å². The Labute approximate surface area is 195 Å². The Morgan fingerprint density at radius 1 is 1.00 bits per heavy atom. The molecule has 3 aromatic rings. The van der Waals surface area contributed by atoms with Crippen LogP contribution in [0.15, 0.2) is 60.7 Å². The number of rotatable bonds is 7. The molecule has 1 aliphatic carbocycles. The summed E-state index contributed by atoms with van der Waals surface area (Å²) in [6.45, 7) is 4.24. The molecule has 0 radical (unpaired) electrons. The van der Waals surface area contributed by atoms with E-state index in [4.69, 9.17) is 9.72 Å². The number of ether oxygens (including phenoxy) is 1. The normalized spacial score (nSPS) is 15.4. The third-order valence-corrected chi connectivity index (χ3v) is 6.12. The first-order chi connectivity index (χ1) is 16.0. The molecule has 1 amide bonds. The number of esters is 1. The van der Waals surface area contributed by atoms with Gasteiger partial charge in [0.2, 0.25) is 6.10 Å². The number of fused-ring (bicyclic) bond motifs is 1. The van der Waals surface area contributed by atoms with Crippen molar-refractivity contribution >= 4 is 22.8 Å². The summed E-state index contributed by atoms with van der Waals surface area (Å²) in [6, 6.07) is 18.8. The summed E-state index contributed by atoms with van der Waals surface area (Å²) < 4.78 is 5.92. The van der Waals surface area contributed by atoms with E-state index in [0.717, 1.165) is 48.7 Å². The van der Waals surface area contributed by atoms with Crippen LogP contribution in [-0.4, -0.2) is 22.9 Å². The Kier molecular flexibility index (Phi) is 7.38. The molecule has 5 heteroatoms. The molecule has 5 nitrogen and oxygen atoms in total. The number of hydrogen-bond donors (Lipinski definition) is 1. The van der Waals surface area contributed by atoms with Crippen molar-refractivity contribution in [3.05, 3.63) is 77.5 Å². The molecule has 1 fully saturated rings. The number of benzene rings is 2. The highest BCUT2D eigenvalue weighted by molar-refractivity contribution is 6.04. The lowest BCUT2D eigenvalue weighted by molar-refractivity contribution is -0.131. The van der Waals surface area contributed by atoms with Gasteiger partial charge in [-0.3, -0.25) is 9.78 Å². The van der Waals surface area contributed by atoms with Crippen LogP contribution in [0, 0.1) is 5.92 Å². The molecule has 0 bridgehead atoms. The van der Waals surface area contributed by atoms with Gasteiger partial charge in [-0.15, -0.1) is 0 Å². The number of para-hydroxylation sites is 1. The third-order valence-electron chi connectivity index (χ3n) is 6.12. The van der Waals surface area contributed by atoms with Crippen LogP contribution in [0.5, 0.6) is 0 Å². The second-order valence-electron chi connectivity index (χ2n) is 9.32. The second kappa shape index (κ2) is 10.6. The fourth-order valence-electron chi connectivity index (χ4n) is 4.52. The van der Waals surface area contributed by atoms with E-state index in [9.17, 15) is 9.59 Å². The number of nitrogens with zero attached hydrogens (tertiary/aromatic N) is 1. The maximum atomic E-state index is 13.4. The SMILES string of the molecule is CC(C)Cc1cc(C(=O)O[C@H](C(=O)NC2CCCCC2)c2ccccc2)c2ccccc2n1. The average Bonchev–Trinajstić information content (AvgIpc) is 2.82. The van der Waals surface area contributed by atoms with Gasteiger partial charge in [0.1, 0.15) is 0 Å². The number of aromatic nitrogens is 1. The van der Waals surface area contributed by atoms with Gasteiger partial charge >= 0.3 is 5.97 Å². The van der Waals surface area contributed by atoms with E-state index in [1.807, 2.05) is 60.7 Å². The zero-order chi connectivity index (χ0) is 23.2. The Hall–Kier alpha value is -3.21. The third kappa shape index (κ3) is 5.78. The van der Waals surface area contributed by atoms with Gasteiger partial charge in [-0.2, -0.15) is 0 Å². The standard InChI is InChI=1S/C28H32N2O3/c1-19(2)17-22-18-24(23-15-9-10-16-25(23)29-22)28(32)33-26(20-11-5-3-6-12-20)27(31)30-21-13-7-4-8-14-21/h3,5-6,9-12,15-16,18-19,21,26H,4,7-8,13-14,17H2,1-2H3,(H,30,31)/t26-/m0/s1. The molecule has 1 aromatic heterocycles. The number of hydrogen-bond acceptors (Lipinski definition) is 4. The van der Waals surface area contributed by atoms with E-state index in [1.54, 1.807) is 0 Å². The van der Waals surface area contributed by atoms with Gasteiger partial charge < -0.3 is 10.1 Å². The lowest BCUT2D eigenvalue weighted by atomic mass is 9.95.